The van der Waals surface area contributed by atoms with Crippen molar-refractivity contribution in [2.24, 2.45) is 7.05 Å². The molecular weight excluding hydrogens is 276 g/mol. The van der Waals surface area contributed by atoms with Crippen molar-refractivity contribution >= 4 is 5.69 Å². The van der Waals surface area contributed by atoms with Crippen LogP contribution in [0.4, 0.5) is 5.69 Å². The van der Waals surface area contributed by atoms with E-state index in [1.165, 1.54) is 22.4 Å². The van der Waals surface area contributed by atoms with Gasteiger partial charge < -0.3 is 20.0 Å². The highest BCUT2D eigenvalue weighted by molar-refractivity contribution is 5.81. The van der Waals surface area contributed by atoms with Crippen molar-refractivity contribution in [3.05, 3.63) is 41.7 Å². The molecule has 3 heterocycles. The van der Waals surface area contributed by atoms with Crippen molar-refractivity contribution in [3.8, 4) is 11.1 Å². The van der Waals surface area contributed by atoms with E-state index in [-0.39, 0.29) is 12.3 Å². The summed E-state index contributed by atoms with van der Waals surface area (Å²) in [5, 5.41) is 3.34. The zero-order valence-electron chi connectivity index (χ0n) is 13.0. The third-order valence-corrected chi connectivity index (χ3v) is 4.51. The molecule has 1 fully saturated rings. The smallest absolute Gasteiger partial charge is 0.168 e. The van der Waals surface area contributed by atoms with Crippen LogP contribution in [0, 0.1) is 6.92 Å². The van der Waals surface area contributed by atoms with Crippen LogP contribution < -0.4 is 16.2 Å². The molecule has 3 N–H and O–H groups in total. The highest BCUT2D eigenvalue weighted by atomic mass is 16.5. The van der Waals surface area contributed by atoms with E-state index in [9.17, 15) is 0 Å². The number of rotatable bonds is 3. The largest absolute Gasteiger partial charge is 0.351 e. The first-order valence-electron chi connectivity index (χ1n) is 7.86. The van der Waals surface area contributed by atoms with Gasteiger partial charge in [0.05, 0.1) is 17.5 Å². The van der Waals surface area contributed by atoms with Crippen molar-refractivity contribution in [2.75, 3.05) is 18.5 Å². The van der Waals surface area contributed by atoms with Crippen molar-refractivity contribution < 1.29 is 4.74 Å². The number of hydrogen-bond donors (Lipinski definition) is 3. The standard InChI is InChI=1S/C17H22N4O/c1-11-3-5-12(6-4-11)14-10-21(2)16-15(14)19-20-17(16)22-13-7-8-18-9-13/h3-6,10,13,17-20H,7-9H2,1-2H3. The molecule has 2 atom stereocenters. The Balaban J connectivity index is 1.64. The Morgan fingerprint density at radius 1 is 1.23 bits per heavy atom. The zero-order valence-corrected chi connectivity index (χ0v) is 13.0. The summed E-state index contributed by atoms with van der Waals surface area (Å²) in [5.41, 5.74) is 12.6. The van der Waals surface area contributed by atoms with Crippen LogP contribution in [0.15, 0.2) is 30.5 Å². The molecule has 0 saturated carbocycles. The summed E-state index contributed by atoms with van der Waals surface area (Å²) in [6.45, 7) is 4.08. The van der Waals surface area contributed by atoms with E-state index >= 15 is 0 Å². The summed E-state index contributed by atoms with van der Waals surface area (Å²) >= 11 is 0. The molecule has 0 radical (unpaired) electrons. The maximum Gasteiger partial charge on any atom is 0.168 e. The Labute approximate surface area is 130 Å². The highest BCUT2D eigenvalue weighted by Crippen LogP contribution is 2.39. The lowest BCUT2D eigenvalue weighted by Gasteiger charge is -2.18. The summed E-state index contributed by atoms with van der Waals surface area (Å²) in [7, 11) is 2.08. The molecule has 2 aromatic rings. The van der Waals surface area contributed by atoms with E-state index in [2.05, 4.69) is 65.2 Å². The summed E-state index contributed by atoms with van der Waals surface area (Å²) in [4.78, 5) is 0. The normalized spacial score (nSPS) is 23.5. The molecule has 1 aromatic carbocycles. The summed E-state index contributed by atoms with van der Waals surface area (Å²) < 4.78 is 8.35. The van der Waals surface area contributed by atoms with Crippen LogP contribution in [-0.2, 0) is 11.8 Å². The zero-order chi connectivity index (χ0) is 15.1. The van der Waals surface area contributed by atoms with E-state index in [0.29, 0.717) is 0 Å². The number of benzene rings is 1. The second-order valence-electron chi connectivity index (χ2n) is 6.18. The fraction of sp³-hybridized carbons (Fsp3) is 0.412. The predicted molar refractivity (Wildman–Crippen MR) is 87.4 cm³/mol. The molecule has 22 heavy (non-hydrogen) atoms. The molecule has 4 rings (SSSR count). The van der Waals surface area contributed by atoms with Gasteiger partial charge in [-0.2, -0.15) is 0 Å². The molecule has 5 nitrogen and oxygen atoms in total. The Morgan fingerprint density at radius 2 is 2.05 bits per heavy atom. The monoisotopic (exact) mass is 298 g/mol. The summed E-state index contributed by atoms with van der Waals surface area (Å²) in [5.74, 6) is 0. The van der Waals surface area contributed by atoms with E-state index in [4.69, 9.17) is 4.74 Å². The van der Waals surface area contributed by atoms with Gasteiger partial charge in [0.15, 0.2) is 6.23 Å². The third-order valence-electron chi connectivity index (χ3n) is 4.51. The first-order chi connectivity index (χ1) is 10.7. The minimum absolute atomic E-state index is 0.0934. The Bertz CT molecular complexity index is 671. The van der Waals surface area contributed by atoms with Gasteiger partial charge in [-0.1, -0.05) is 29.8 Å². The molecule has 116 valence electrons. The maximum absolute atomic E-state index is 6.19. The maximum atomic E-state index is 6.19. The van der Waals surface area contributed by atoms with Crippen molar-refractivity contribution in [3.63, 3.8) is 0 Å². The minimum atomic E-state index is -0.0934. The van der Waals surface area contributed by atoms with Gasteiger partial charge in [-0.3, -0.25) is 0 Å². The fourth-order valence-electron chi connectivity index (χ4n) is 3.28. The number of anilines is 1. The number of hydrazine groups is 1. The fourth-order valence-corrected chi connectivity index (χ4v) is 3.28. The van der Waals surface area contributed by atoms with Gasteiger partial charge >= 0.3 is 0 Å². The van der Waals surface area contributed by atoms with E-state index < -0.39 is 0 Å². The van der Waals surface area contributed by atoms with Gasteiger partial charge in [-0.15, -0.1) is 0 Å². The van der Waals surface area contributed by atoms with Gasteiger partial charge in [0.1, 0.15) is 0 Å². The number of aromatic nitrogens is 1. The second-order valence-corrected chi connectivity index (χ2v) is 6.18. The first kappa shape index (κ1) is 13.8. The number of nitrogens with one attached hydrogen (secondary N) is 3. The lowest BCUT2D eigenvalue weighted by molar-refractivity contribution is -0.0164. The van der Waals surface area contributed by atoms with Crippen LogP contribution in [0.25, 0.3) is 11.1 Å². The first-order valence-corrected chi connectivity index (χ1v) is 7.86. The Hall–Kier alpha value is -1.82. The van der Waals surface area contributed by atoms with Gasteiger partial charge in [0.25, 0.3) is 0 Å². The van der Waals surface area contributed by atoms with E-state index in [1.54, 1.807) is 0 Å². The number of hydrogen-bond acceptors (Lipinski definition) is 4. The molecule has 2 unspecified atom stereocenters. The molecule has 0 bridgehead atoms. The topological polar surface area (TPSA) is 50.2 Å². The van der Waals surface area contributed by atoms with E-state index in [0.717, 1.165) is 25.2 Å². The van der Waals surface area contributed by atoms with Crippen molar-refractivity contribution in [1.82, 2.24) is 15.3 Å². The molecule has 0 amide bonds. The van der Waals surface area contributed by atoms with Crippen molar-refractivity contribution in [1.29, 1.82) is 0 Å². The molecule has 1 aromatic heterocycles. The summed E-state index contributed by atoms with van der Waals surface area (Å²) in [6.07, 6.45) is 3.43. The molecular formula is C17H22N4O. The lowest BCUT2D eigenvalue weighted by atomic mass is 10.1. The quantitative estimate of drug-likeness (QED) is 0.814. The van der Waals surface area contributed by atoms with Gasteiger partial charge in [-0.25, -0.2) is 5.43 Å². The van der Waals surface area contributed by atoms with Crippen LogP contribution in [0.2, 0.25) is 0 Å². The average molecular weight is 298 g/mol. The Morgan fingerprint density at radius 3 is 2.77 bits per heavy atom. The molecule has 1 saturated heterocycles. The molecule has 5 heteroatoms. The predicted octanol–water partition coefficient (Wildman–Crippen LogP) is 2.31. The van der Waals surface area contributed by atoms with Crippen molar-refractivity contribution in [2.45, 2.75) is 25.7 Å². The molecule has 0 spiro atoms. The van der Waals surface area contributed by atoms with Crippen LogP contribution in [0.5, 0.6) is 0 Å². The van der Waals surface area contributed by atoms with E-state index in [1.807, 2.05) is 0 Å². The summed E-state index contributed by atoms with van der Waals surface area (Å²) in [6, 6.07) is 8.63. The van der Waals surface area contributed by atoms with Crippen LogP contribution in [0.3, 0.4) is 0 Å². The van der Waals surface area contributed by atoms with Crippen LogP contribution in [0.1, 0.15) is 23.9 Å². The number of ether oxygens (including phenoxy) is 1. The second kappa shape index (κ2) is 5.43. The van der Waals surface area contributed by atoms with Gasteiger partial charge in [0, 0.05) is 25.4 Å². The molecule has 2 aliphatic rings. The Kier molecular flexibility index (Phi) is 3.41. The van der Waals surface area contributed by atoms with Crippen LogP contribution >= 0.6 is 0 Å². The lowest BCUT2D eigenvalue weighted by Crippen LogP contribution is -2.28. The number of aryl methyl sites for hydroxylation is 2. The van der Waals surface area contributed by atoms with Gasteiger partial charge in [0.2, 0.25) is 0 Å². The molecule has 0 aliphatic carbocycles. The van der Waals surface area contributed by atoms with Crippen LogP contribution in [-0.4, -0.2) is 23.8 Å². The molecule has 2 aliphatic heterocycles. The highest BCUT2D eigenvalue weighted by Gasteiger charge is 2.31. The van der Waals surface area contributed by atoms with Gasteiger partial charge in [-0.05, 0) is 25.5 Å². The third kappa shape index (κ3) is 2.31. The SMILES string of the molecule is Cc1ccc(-c2cn(C)c3c2NNC3OC2CCNC2)cc1. The minimum Gasteiger partial charge on any atom is -0.351 e. The number of nitrogens with zero attached hydrogens (tertiary/aromatic N) is 1. The number of fused-ring (bicyclic) bond motifs is 1. The average Bonchev–Trinajstić information content (AvgIpc) is 3.21.